The van der Waals surface area contributed by atoms with Crippen molar-refractivity contribution in [1.29, 1.82) is 0 Å². The summed E-state index contributed by atoms with van der Waals surface area (Å²) in [4.78, 5) is 14.3. The molecular weight excluding hydrogens is 252 g/mol. The zero-order valence-corrected chi connectivity index (χ0v) is 12.3. The molecule has 0 aromatic heterocycles. The van der Waals surface area contributed by atoms with Crippen molar-refractivity contribution in [2.24, 2.45) is 5.73 Å². The van der Waals surface area contributed by atoms with E-state index in [9.17, 15) is 9.90 Å². The van der Waals surface area contributed by atoms with Crippen molar-refractivity contribution in [3.05, 3.63) is 29.3 Å². The lowest BCUT2D eigenvalue weighted by Gasteiger charge is -2.31. The molecule has 0 spiro atoms. The molecule has 0 fully saturated rings. The van der Waals surface area contributed by atoms with E-state index in [2.05, 4.69) is 18.7 Å². The van der Waals surface area contributed by atoms with Crippen molar-refractivity contribution in [2.45, 2.75) is 45.1 Å². The van der Waals surface area contributed by atoms with Crippen LogP contribution in [0.15, 0.2) is 18.2 Å². The molecule has 1 aliphatic rings. The predicted octanol–water partition coefficient (Wildman–Crippen LogP) is 2.01. The minimum absolute atomic E-state index is 0.129. The number of hydrogen-bond acceptors (Lipinski definition) is 3. The molecule has 4 nitrogen and oxygen atoms in total. The largest absolute Gasteiger partial charge is 0.508 e. The van der Waals surface area contributed by atoms with E-state index >= 15 is 0 Å². The Morgan fingerprint density at radius 1 is 1.35 bits per heavy atom. The Bertz CT molecular complexity index is 481. The second-order valence-electron chi connectivity index (χ2n) is 5.57. The van der Waals surface area contributed by atoms with E-state index in [1.165, 1.54) is 0 Å². The molecule has 4 heteroatoms. The summed E-state index contributed by atoms with van der Waals surface area (Å²) in [6, 6.07) is 5.42. The number of primary amides is 1. The van der Waals surface area contributed by atoms with Gasteiger partial charge in [-0.2, -0.15) is 0 Å². The van der Waals surface area contributed by atoms with Crippen LogP contribution in [0.25, 0.3) is 0 Å². The van der Waals surface area contributed by atoms with Crippen LogP contribution in [-0.2, 0) is 11.2 Å². The molecule has 20 heavy (non-hydrogen) atoms. The van der Waals surface area contributed by atoms with Crippen LogP contribution in [0.3, 0.4) is 0 Å². The number of nitrogens with two attached hydrogens (primary N) is 1. The first kappa shape index (κ1) is 14.9. The molecule has 110 valence electrons. The van der Waals surface area contributed by atoms with Gasteiger partial charge >= 0.3 is 0 Å². The quantitative estimate of drug-likeness (QED) is 0.835. The van der Waals surface area contributed by atoms with Gasteiger partial charge in [0.05, 0.1) is 5.92 Å². The molecule has 2 atom stereocenters. The minimum atomic E-state index is -0.310. The van der Waals surface area contributed by atoms with Crippen molar-refractivity contribution in [3.8, 4) is 5.75 Å². The van der Waals surface area contributed by atoms with Gasteiger partial charge in [0.2, 0.25) is 5.91 Å². The van der Waals surface area contributed by atoms with Crippen molar-refractivity contribution in [2.75, 3.05) is 13.1 Å². The van der Waals surface area contributed by atoms with E-state index in [1.807, 2.05) is 6.07 Å². The van der Waals surface area contributed by atoms with Gasteiger partial charge in [0, 0.05) is 6.04 Å². The lowest BCUT2D eigenvalue weighted by Crippen LogP contribution is -2.43. The van der Waals surface area contributed by atoms with Gasteiger partial charge in [-0.3, -0.25) is 9.69 Å². The Morgan fingerprint density at radius 3 is 2.55 bits per heavy atom. The monoisotopic (exact) mass is 276 g/mol. The van der Waals surface area contributed by atoms with Gasteiger partial charge in [-0.15, -0.1) is 0 Å². The third kappa shape index (κ3) is 2.80. The number of hydrogen-bond donors (Lipinski definition) is 2. The lowest BCUT2D eigenvalue weighted by molar-refractivity contribution is -0.120. The first-order valence-corrected chi connectivity index (χ1v) is 7.43. The van der Waals surface area contributed by atoms with Crippen LogP contribution in [0, 0.1) is 0 Å². The van der Waals surface area contributed by atoms with Crippen molar-refractivity contribution >= 4 is 5.91 Å². The number of nitrogens with zero attached hydrogens (tertiary/aromatic N) is 1. The average molecular weight is 276 g/mol. The Balaban J connectivity index is 2.33. The second-order valence-corrected chi connectivity index (χ2v) is 5.57. The highest BCUT2D eigenvalue weighted by Crippen LogP contribution is 2.38. The van der Waals surface area contributed by atoms with Crippen molar-refractivity contribution in [3.63, 3.8) is 0 Å². The van der Waals surface area contributed by atoms with Crippen LogP contribution >= 0.6 is 0 Å². The van der Waals surface area contributed by atoms with Crippen LogP contribution in [-0.4, -0.2) is 35.0 Å². The third-order valence-electron chi connectivity index (χ3n) is 4.08. The number of phenols is 1. The molecule has 3 N–H and O–H groups in total. The van der Waals surface area contributed by atoms with Crippen LogP contribution in [0.1, 0.15) is 43.7 Å². The summed E-state index contributed by atoms with van der Waals surface area (Å²) in [6.07, 6.45) is 2.95. The van der Waals surface area contributed by atoms with Crippen molar-refractivity contribution in [1.82, 2.24) is 4.90 Å². The van der Waals surface area contributed by atoms with Crippen LogP contribution < -0.4 is 5.73 Å². The predicted molar refractivity (Wildman–Crippen MR) is 79.7 cm³/mol. The maximum absolute atomic E-state index is 11.9. The highest BCUT2D eigenvalue weighted by molar-refractivity contribution is 5.84. The van der Waals surface area contributed by atoms with Crippen LogP contribution in [0.2, 0.25) is 0 Å². The fourth-order valence-corrected chi connectivity index (χ4v) is 3.31. The molecule has 1 aromatic rings. The lowest BCUT2D eigenvalue weighted by atomic mass is 9.96. The molecule has 2 unspecified atom stereocenters. The number of rotatable bonds is 6. The Morgan fingerprint density at radius 2 is 2.00 bits per heavy atom. The van der Waals surface area contributed by atoms with Gasteiger partial charge in [0.25, 0.3) is 0 Å². The molecule has 0 radical (unpaired) electrons. The Hall–Kier alpha value is -1.55. The fourth-order valence-electron chi connectivity index (χ4n) is 3.31. The molecule has 1 amide bonds. The Kier molecular flexibility index (Phi) is 4.65. The maximum atomic E-state index is 11.9. The standard InChI is InChI=1S/C16H24N2O2/c1-3-7-18(8-4-2)14-9-11-5-6-12(19)10-13(11)15(14)16(17)20/h5-6,10,14-15,19H,3-4,7-9H2,1-2H3,(H2,17,20). The van der Waals surface area contributed by atoms with Gasteiger partial charge in [0.15, 0.2) is 0 Å². The summed E-state index contributed by atoms with van der Waals surface area (Å²) >= 11 is 0. The van der Waals surface area contributed by atoms with Gasteiger partial charge in [-0.05, 0) is 55.6 Å². The second kappa shape index (κ2) is 6.27. The maximum Gasteiger partial charge on any atom is 0.226 e. The number of aromatic hydroxyl groups is 1. The number of phenolic OH excluding ortho intramolecular Hbond substituents is 1. The topological polar surface area (TPSA) is 66.6 Å². The molecule has 0 heterocycles. The van der Waals surface area contributed by atoms with E-state index in [0.29, 0.717) is 0 Å². The molecular formula is C16H24N2O2. The fraction of sp³-hybridized carbons (Fsp3) is 0.562. The zero-order valence-electron chi connectivity index (χ0n) is 12.3. The third-order valence-corrected chi connectivity index (χ3v) is 4.08. The molecule has 0 saturated carbocycles. The summed E-state index contributed by atoms with van der Waals surface area (Å²) in [5.41, 5.74) is 7.67. The van der Waals surface area contributed by atoms with E-state index in [1.54, 1.807) is 12.1 Å². The first-order chi connectivity index (χ1) is 9.58. The molecule has 2 rings (SSSR count). The SMILES string of the molecule is CCCN(CCC)C1Cc2ccc(O)cc2C1C(N)=O. The summed E-state index contributed by atoms with van der Waals surface area (Å²) in [6.45, 7) is 6.25. The van der Waals surface area contributed by atoms with Gasteiger partial charge in [0.1, 0.15) is 5.75 Å². The van der Waals surface area contributed by atoms with E-state index in [0.717, 1.165) is 43.5 Å². The smallest absolute Gasteiger partial charge is 0.226 e. The van der Waals surface area contributed by atoms with E-state index < -0.39 is 0 Å². The number of carbonyl (C=O) groups is 1. The first-order valence-electron chi connectivity index (χ1n) is 7.43. The summed E-state index contributed by atoms with van der Waals surface area (Å²) in [7, 11) is 0. The van der Waals surface area contributed by atoms with Gasteiger partial charge < -0.3 is 10.8 Å². The molecule has 0 bridgehead atoms. The highest BCUT2D eigenvalue weighted by atomic mass is 16.3. The molecule has 1 aliphatic carbocycles. The zero-order chi connectivity index (χ0) is 14.7. The number of fused-ring (bicyclic) bond motifs is 1. The highest BCUT2D eigenvalue weighted by Gasteiger charge is 2.39. The minimum Gasteiger partial charge on any atom is -0.508 e. The number of amides is 1. The van der Waals surface area contributed by atoms with Gasteiger partial charge in [-0.1, -0.05) is 19.9 Å². The van der Waals surface area contributed by atoms with Gasteiger partial charge in [-0.25, -0.2) is 0 Å². The summed E-state index contributed by atoms with van der Waals surface area (Å²) < 4.78 is 0. The van der Waals surface area contributed by atoms with Crippen LogP contribution in [0.4, 0.5) is 0 Å². The Labute approximate surface area is 120 Å². The normalized spacial score (nSPS) is 21.1. The average Bonchev–Trinajstić information content (AvgIpc) is 2.76. The summed E-state index contributed by atoms with van der Waals surface area (Å²) in [5.74, 6) is -0.403. The van der Waals surface area contributed by atoms with Crippen molar-refractivity contribution < 1.29 is 9.90 Å². The molecule has 1 aromatic carbocycles. The van der Waals surface area contributed by atoms with E-state index in [-0.39, 0.29) is 23.6 Å². The van der Waals surface area contributed by atoms with Crippen LogP contribution in [0.5, 0.6) is 5.75 Å². The number of carbonyl (C=O) groups excluding carboxylic acids is 1. The molecule has 0 aliphatic heterocycles. The summed E-state index contributed by atoms with van der Waals surface area (Å²) in [5, 5.41) is 9.66. The molecule has 0 saturated heterocycles. The van der Waals surface area contributed by atoms with E-state index in [4.69, 9.17) is 5.73 Å². The number of benzene rings is 1.